The van der Waals surface area contributed by atoms with Crippen molar-refractivity contribution in [3.05, 3.63) is 29.8 Å². The fourth-order valence-electron chi connectivity index (χ4n) is 2.74. The van der Waals surface area contributed by atoms with Gasteiger partial charge in [0.25, 0.3) is 0 Å². The van der Waals surface area contributed by atoms with Gasteiger partial charge in [-0.1, -0.05) is 31.0 Å². The maximum atomic E-state index is 10.00. The Balaban J connectivity index is 2.04. The van der Waals surface area contributed by atoms with Crippen molar-refractivity contribution in [1.29, 1.82) is 0 Å². The van der Waals surface area contributed by atoms with Gasteiger partial charge in [0.2, 0.25) is 0 Å². The summed E-state index contributed by atoms with van der Waals surface area (Å²) in [5.74, 6) is 0.905. The molecule has 2 rings (SSSR count). The molecule has 0 radical (unpaired) electrons. The second-order valence-corrected chi connectivity index (χ2v) is 5.09. The monoisotopic (exact) mass is 249 g/mol. The van der Waals surface area contributed by atoms with E-state index in [9.17, 15) is 5.11 Å². The zero-order valence-electron chi connectivity index (χ0n) is 11.2. The van der Waals surface area contributed by atoms with Crippen molar-refractivity contribution in [2.75, 3.05) is 7.11 Å². The molecule has 1 aliphatic carbocycles. The van der Waals surface area contributed by atoms with Gasteiger partial charge in [0.05, 0.1) is 13.2 Å². The number of benzene rings is 1. The van der Waals surface area contributed by atoms with Crippen LogP contribution in [0, 0.1) is 0 Å². The van der Waals surface area contributed by atoms with E-state index in [0.717, 1.165) is 30.6 Å². The average molecular weight is 249 g/mol. The van der Waals surface area contributed by atoms with Gasteiger partial charge in [-0.3, -0.25) is 0 Å². The van der Waals surface area contributed by atoms with Gasteiger partial charge in [0.1, 0.15) is 5.75 Å². The van der Waals surface area contributed by atoms with Gasteiger partial charge in [-0.2, -0.15) is 0 Å². The summed E-state index contributed by atoms with van der Waals surface area (Å²) in [6, 6.07) is 8.45. The molecule has 1 saturated carbocycles. The predicted molar refractivity (Wildman–Crippen MR) is 72.8 cm³/mol. The Bertz CT molecular complexity index is 381. The molecule has 0 aromatic heterocycles. The van der Waals surface area contributed by atoms with E-state index in [-0.39, 0.29) is 18.2 Å². The zero-order valence-corrected chi connectivity index (χ0v) is 11.2. The molecule has 2 unspecified atom stereocenters. The van der Waals surface area contributed by atoms with E-state index in [4.69, 9.17) is 4.74 Å². The molecule has 0 spiro atoms. The number of aliphatic hydroxyl groups is 1. The number of para-hydroxylation sites is 1. The Morgan fingerprint density at radius 3 is 2.72 bits per heavy atom. The van der Waals surface area contributed by atoms with Gasteiger partial charge in [0, 0.05) is 17.6 Å². The zero-order chi connectivity index (χ0) is 13.0. The molecular formula is C15H23NO2. The van der Waals surface area contributed by atoms with Crippen molar-refractivity contribution in [1.82, 2.24) is 5.32 Å². The second kappa shape index (κ2) is 6.21. The van der Waals surface area contributed by atoms with Crippen molar-refractivity contribution in [3.63, 3.8) is 0 Å². The molecule has 100 valence electrons. The van der Waals surface area contributed by atoms with Crippen LogP contribution >= 0.6 is 0 Å². The standard InChI is InChI=1S/C15H23NO2/c1-11(12-7-3-6-10-15(12)18-2)16-13-8-4-5-9-14(13)17/h3,6-7,10-11,13-14,16-17H,4-5,8-9H2,1-2H3/t11-,13?,14?/m0/s1. The summed E-state index contributed by atoms with van der Waals surface area (Å²) >= 11 is 0. The number of hydrogen-bond donors (Lipinski definition) is 2. The van der Waals surface area contributed by atoms with Crippen molar-refractivity contribution in [2.24, 2.45) is 0 Å². The number of aliphatic hydroxyl groups excluding tert-OH is 1. The third-order valence-corrected chi connectivity index (χ3v) is 3.80. The number of rotatable bonds is 4. The molecule has 1 aromatic carbocycles. The molecule has 1 aliphatic rings. The Kier molecular flexibility index (Phi) is 4.61. The summed E-state index contributed by atoms with van der Waals surface area (Å²) in [5, 5.41) is 13.5. The highest BCUT2D eigenvalue weighted by Crippen LogP contribution is 2.27. The first kappa shape index (κ1) is 13.4. The fraction of sp³-hybridized carbons (Fsp3) is 0.600. The molecule has 2 N–H and O–H groups in total. The minimum Gasteiger partial charge on any atom is -0.496 e. The van der Waals surface area contributed by atoms with Crippen LogP contribution in [-0.2, 0) is 0 Å². The lowest BCUT2D eigenvalue weighted by atomic mass is 9.91. The van der Waals surface area contributed by atoms with Crippen molar-refractivity contribution in [2.45, 2.75) is 50.8 Å². The van der Waals surface area contributed by atoms with E-state index in [2.05, 4.69) is 18.3 Å². The fourth-order valence-corrected chi connectivity index (χ4v) is 2.74. The minimum absolute atomic E-state index is 0.193. The molecule has 0 amide bonds. The van der Waals surface area contributed by atoms with Crippen molar-refractivity contribution < 1.29 is 9.84 Å². The lowest BCUT2D eigenvalue weighted by Gasteiger charge is -2.31. The third-order valence-electron chi connectivity index (χ3n) is 3.80. The van der Waals surface area contributed by atoms with E-state index in [1.807, 2.05) is 18.2 Å². The van der Waals surface area contributed by atoms with Gasteiger partial charge in [-0.25, -0.2) is 0 Å². The number of nitrogens with one attached hydrogen (secondary N) is 1. The Morgan fingerprint density at radius 1 is 1.28 bits per heavy atom. The number of methoxy groups -OCH3 is 1. The van der Waals surface area contributed by atoms with Crippen molar-refractivity contribution >= 4 is 0 Å². The predicted octanol–water partition coefficient (Wildman–Crippen LogP) is 2.65. The van der Waals surface area contributed by atoms with E-state index in [1.54, 1.807) is 7.11 Å². The Morgan fingerprint density at radius 2 is 2.00 bits per heavy atom. The first-order chi connectivity index (χ1) is 8.72. The van der Waals surface area contributed by atoms with Crippen LogP contribution in [-0.4, -0.2) is 24.4 Å². The molecule has 3 atom stereocenters. The maximum Gasteiger partial charge on any atom is 0.123 e. The second-order valence-electron chi connectivity index (χ2n) is 5.09. The summed E-state index contributed by atoms with van der Waals surface area (Å²) in [7, 11) is 1.70. The lowest BCUT2D eigenvalue weighted by Crippen LogP contribution is -2.43. The SMILES string of the molecule is COc1ccccc1[C@H](C)NC1CCCCC1O. The highest BCUT2D eigenvalue weighted by molar-refractivity contribution is 5.35. The van der Waals surface area contributed by atoms with Crippen molar-refractivity contribution in [3.8, 4) is 5.75 Å². The largest absolute Gasteiger partial charge is 0.496 e. The average Bonchev–Trinajstić information content (AvgIpc) is 2.41. The van der Waals surface area contributed by atoms with Crippen LogP contribution in [0.25, 0.3) is 0 Å². The first-order valence-electron chi connectivity index (χ1n) is 6.79. The van der Waals surface area contributed by atoms with Gasteiger partial charge in [-0.15, -0.1) is 0 Å². The molecule has 3 nitrogen and oxygen atoms in total. The summed E-state index contributed by atoms with van der Waals surface area (Å²) in [6.07, 6.45) is 4.10. The molecule has 0 bridgehead atoms. The maximum absolute atomic E-state index is 10.00. The van der Waals surface area contributed by atoms with Gasteiger partial charge < -0.3 is 15.2 Å². The highest BCUT2D eigenvalue weighted by atomic mass is 16.5. The third kappa shape index (κ3) is 3.03. The number of ether oxygens (including phenoxy) is 1. The van der Waals surface area contributed by atoms with Crippen LogP contribution in [0.3, 0.4) is 0 Å². The highest BCUT2D eigenvalue weighted by Gasteiger charge is 2.25. The number of hydrogen-bond acceptors (Lipinski definition) is 3. The molecule has 18 heavy (non-hydrogen) atoms. The van der Waals surface area contributed by atoms with Crippen LogP contribution in [0.1, 0.15) is 44.2 Å². The molecule has 1 fully saturated rings. The minimum atomic E-state index is -0.212. The Labute approximate surface area is 109 Å². The summed E-state index contributed by atoms with van der Waals surface area (Å²) < 4.78 is 5.38. The molecule has 3 heteroatoms. The Hall–Kier alpha value is -1.06. The molecule has 0 saturated heterocycles. The molecule has 1 aromatic rings. The van der Waals surface area contributed by atoms with E-state index in [0.29, 0.717) is 0 Å². The normalized spacial score (nSPS) is 25.7. The summed E-state index contributed by atoms with van der Waals surface area (Å²) in [5.41, 5.74) is 1.15. The lowest BCUT2D eigenvalue weighted by molar-refractivity contribution is 0.0858. The molecule has 0 heterocycles. The van der Waals surface area contributed by atoms with Crippen LogP contribution < -0.4 is 10.1 Å². The molecular weight excluding hydrogens is 226 g/mol. The summed E-state index contributed by atoms with van der Waals surface area (Å²) in [6.45, 7) is 2.12. The van der Waals surface area contributed by atoms with Gasteiger partial charge in [0.15, 0.2) is 0 Å². The first-order valence-corrected chi connectivity index (χ1v) is 6.79. The van der Waals surface area contributed by atoms with Crippen LogP contribution in [0.15, 0.2) is 24.3 Å². The van der Waals surface area contributed by atoms with Gasteiger partial charge >= 0.3 is 0 Å². The van der Waals surface area contributed by atoms with E-state index in [1.165, 1.54) is 6.42 Å². The topological polar surface area (TPSA) is 41.5 Å². The smallest absolute Gasteiger partial charge is 0.123 e. The van der Waals surface area contributed by atoms with Gasteiger partial charge in [-0.05, 0) is 25.8 Å². The van der Waals surface area contributed by atoms with Crippen LogP contribution in [0.5, 0.6) is 5.75 Å². The van der Waals surface area contributed by atoms with Crippen LogP contribution in [0.2, 0.25) is 0 Å². The quantitative estimate of drug-likeness (QED) is 0.862. The summed E-state index contributed by atoms with van der Waals surface area (Å²) in [4.78, 5) is 0. The van der Waals surface area contributed by atoms with E-state index >= 15 is 0 Å². The van der Waals surface area contributed by atoms with Crippen LogP contribution in [0.4, 0.5) is 0 Å². The molecule has 0 aliphatic heterocycles. The van der Waals surface area contributed by atoms with E-state index < -0.39 is 0 Å².